The van der Waals surface area contributed by atoms with Crippen LogP contribution in [0.1, 0.15) is 12.5 Å². The van der Waals surface area contributed by atoms with Crippen molar-refractivity contribution in [3.05, 3.63) is 59.9 Å². The summed E-state index contributed by atoms with van der Waals surface area (Å²) in [4.78, 5) is 12.7. The molecule has 0 aliphatic carbocycles. The van der Waals surface area contributed by atoms with Crippen LogP contribution in [0, 0.1) is 5.82 Å². The quantitative estimate of drug-likeness (QED) is 0.821. The normalized spacial score (nSPS) is 13.5. The van der Waals surface area contributed by atoms with Gasteiger partial charge in [-0.25, -0.2) is 9.18 Å². The number of rotatable bonds is 5. The van der Waals surface area contributed by atoms with Gasteiger partial charge in [-0.05, 0) is 43.0 Å². The van der Waals surface area contributed by atoms with Gasteiger partial charge in [-0.2, -0.15) is 0 Å². The minimum absolute atomic E-state index is 0.163. The third kappa shape index (κ3) is 3.19. The van der Waals surface area contributed by atoms with Crippen molar-refractivity contribution in [2.24, 2.45) is 0 Å². The maximum absolute atomic E-state index is 13.8. The van der Waals surface area contributed by atoms with Gasteiger partial charge in [-0.3, -0.25) is 0 Å². The number of benzene rings is 2. The highest BCUT2D eigenvalue weighted by atomic mass is 32.2. The van der Waals surface area contributed by atoms with E-state index in [1.165, 1.54) is 19.1 Å². The molecule has 1 unspecified atom stereocenters. The van der Waals surface area contributed by atoms with Gasteiger partial charge in [0.2, 0.25) is 0 Å². The van der Waals surface area contributed by atoms with Crippen molar-refractivity contribution in [3.8, 4) is 0 Å². The summed E-state index contributed by atoms with van der Waals surface area (Å²) in [6, 6.07) is 13.2. The van der Waals surface area contributed by atoms with E-state index in [9.17, 15) is 14.3 Å². The number of carboxylic acid groups (broad SMARTS) is 1. The van der Waals surface area contributed by atoms with Gasteiger partial charge in [0.25, 0.3) is 0 Å². The Kier molecular flexibility index (Phi) is 4.53. The van der Waals surface area contributed by atoms with E-state index in [1.54, 1.807) is 36.0 Å². The number of anilines is 1. The van der Waals surface area contributed by atoms with Gasteiger partial charge in [0.15, 0.2) is 5.54 Å². The van der Waals surface area contributed by atoms with Crippen molar-refractivity contribution < 1.29 is 14.3 Å². The Hall–Kier alpha value is -2.01. The second kappa shape index (κ2) is 6.18. The number of carbonyl (C=O) groups is 1. The van der Waals surface area contributed by atoms with Crippen molar-refractivity contribution in [3.63, 3.8) is 0 Å². The first kappa shape index (κ1) is 15.4. The molecule has 0 heterocycles. The zero-order valence-electron chi connectivity index (χ0n) is 11.8. The van der Waals surface area contributed by atoms with E-state index in [2.05, 4.69) is 5.32 Å². The molecule has 0 amide bonds. The molecule has 0 aliphatic heterocycles. The lowest BCUT2D eigenvalue weighted by Gasteiger charge is -2.28. The van der Waals surface area contributed by atoms with Crippen molar-refractivity contribution in [2.75, 3.05) is 11.6 Å². The summed E-state index contributed by atoms with van der Waals surface area (Å²) in [5.74, 6) is -1.55. The lowest BCUT2D eigenvalue weighted by atomic mass is 9.91. The monoisotopic (exact) mass is 305 g/mol. The maximum Gasteiger partial charge on any atom is 0.333 e. The molecule has 3 nitrogen and oxygen atoms in total. The van der Waals surface area contributed by atoms with Gasteiger partial charge in [-0.15, -0.1) is 11.8 Å². The van der Waals surface area contributed by atoms with Gasteiger partial charge < -0.3 is 10.4 Å². The molecule has 0 bridgehead atoms. The highest BCUT2D eigenvalue weighted by Crippen LogP contribution is 2.29. The molecule has 0 aromatic heterocycles. The largest absolute Gasteiger partial charge is 0.479 e. The zero-order valence-corrected chi connectivity index (χ0v) is 12.6. The molecule has 21 heavy (non-hydrogen) atoms. The number of aliphatic carboxylic acids is 1. The van der Waals surface area contributed by atoms with Gasteiger partial charge in [0.05, 0.1) is 5.69 Å². The Morgan fingerprint density at radius 2 is 1.81 bits per heavy atom. The Labute approximate surface area is 127 Å². The Morgan fingerprint density at radius 3 is 2.33 bits per heavy atom. The molecular weight excluding hydrogens is 289 g/mol. The number of para-hydroxylation sites is 1. The summed E-state index contributed by atoms with van der Waals surface area (Å²) in [5, 5.41) is 12.4. The predicted molar refractivity (Wildman–Crippen MR) is 83.2 cm³/mol. The molecular formula is C16H16FNO2S. The van der Waals surface area contributed by atoms with E-state index >= 15 is 0 Å². The van der Waals surface area contributed by atoms with Crippen LogP contribution in [-0.4, -0.2) is 17.3 Å². The third-order valence-corrected chi connectivity index (χ3v) is 4.10. The molecule has 2 rings (SSSR count). The first-order valence-electron chi connectivity index (χ1n) is 6.38. The van der Waals surface area contributed by atoms with E-state index in [0.717, 1.165) is 4.90 Å². The molecule has 0 saturated carbocycles. The molecule has 0 spiro atoms. The van der Waals surface area contributed by atoms with Crippen LogP contribution in [0.4, 0.5) is 10.1 Å². The minimum atomic E-state index is -1.40. The summed E-state index contributed by atoms with van der Waals surface area (Å²) >= 11 is 1.58. The highest BCUT2D eigenvalue weighted by molar-refractivity contribution is 7.98. The molecule has 2 aromatic rings. The van der Waals surface area contributed by atoms with Crippen LogP contribution in [0.25, 0.3) is 0 Å². The van der Waals surface area contributed by atoms with E-state index in [4.69, 9.17) is 0 Å². The molecule has 0 saturated heterocycles. The lowest BCUT2D eigenvalue weighted by Crippen LogP contribution is -2.40. The van der Waals surface area contributed by atoms with Crippen molar-refractivity contribution in [1.29, 1.82) is 0 Å². The number of halogens is 1. The number of thioether (sulfide) groups is 1. The number of hydrogen-bond donors (Lipinski definition) is 2. The Bertz CT molecular complexity index is 645. The molecule has 5 heteroatoms. The fourth-order valence-electron chi connectivity index (χ4n) is 2.01. The zero-order chi connectivity index (χ0) is 15.5. The summed E-state index contributed by atoms with van der Waals surface area (Å²) in [6.07, 6.45) is 1.95. The molecule has 0 aliphatic rings. The number of hydrogen-bond acceptors (Lipinski definition) is 3. The summed E-state index contributed by atoms with van der Waals surface area (Å²) in [6.45, 7) is 1.52. The minimum Gasteiger partial charge on any atom is -0.479 e. The fourth-order valence-corrected chi connectivity index (χ4v) is 2.41. The van der Waals surface area contributed by atoms with E-state index < -0.39 is 17.3 Å². The van der Waals surface area contributed by atoms with Crippen LogP contribution >= 0.6 is 11.8 Å². The molecule has 2 aromatic carbocycles. The van der Waals surface area contributed by atoms with E-state index in [-0.39, 0.29) is 5.69 Å². The van der Waals surface area contributed by atoms with Crippen LogP contribution < -0.4 is 5.32 Å². The summed E-state index contributed by atoms with van der Waals surface area (Å²) < 4.78 is 13.8. The molecule has 2 N–H and O–H groups in total. The molecule has 0 radical (unpaired) electrons. The first-order chi connectivity index (χ1) is 9.97. The number of carboxylic acids is 1. The van der Waals surface area contributed by atoms with Crippen LogP contribution in [0.5, 0.6) is 0 Å². The summed E-state index contributed by atoms with van der Waals surface area (Å²) in [5.41, 5.74) is -0.675. The van der Waals surface area contributed by atoms with Gasteiger partial charge in [0.1, 0.15) is 5.82 Å². The second-order valence-electron chi connectivity index (χ2n) is 4.76. The van der Waals surface area contributed by atoms with Gasteiger partial charge >= 0.3 is 5.97 Å². The maximum atomic E-state index is 13.8. The Balaban J connectivity index is 2.40. The first-order valence-corrected chi connectivity index (χ1v) is 7.60. The molecule has 0 fully saturated rings. The van der Waals surface area contributed by atoms with Crippen molar-refractivity contribution in [1.82, 2.24) is 0 Å². The molecule has 110 valence electrons. The number of nitrogens with one attached hydrogen (secondary N) is 1. The standard InChI is InChI=1S/C16H16FNO2S/c1-16(15(19)20,11-7-9-12(21-2)10-8-11)18-14-6-4-3-5-13(14)17/h3-10,18H,1-2H3,(H,19,20). The van der Waals surface area contributed by atoms with Crippen LogP contribution in [-0.2, 0) is 10.3 Å². The topological polar surface area (TPSA) is 49.3 Å². The lowest BCUT2D eigenvalue weighted by molar-refractivity contribution is -0.142. The highest BCUT2D eigenvalue weighted by Gasteiger charge is 2.35. The second-order valence-corrected chi connectivity index (χ2v) is 5.64. The van der Waals surface area contributed by atoms with Gasteiger partial charge in [-0.1, -0.05) is 24.3 Å². The van der Waals surface area contributed by atoms with Crippen LogP contribution in [0.15, 0.2) is 53.4 Å². The van der Waals surface area contributed by atoms with Crippen LogP contribution in [0.2, 0.25) is 0 Å². The van der Waals surface area contributed by atoms with Crippen molar-refractivity contribution >= 4 is 23.4 Å². The van der Waals surface area contributed by atoms with Gasteiger partial charge in [0, 0.05) is 4.90 Å². The van der Waals surface area contributed by atoms with Crippen molar-refractivity contribution in [2.45, 2.75) is 17.4 Å². The summed E-state index contributed by atoms with van der Waals surface area (Å²) in [7, 11) is 0. The van der Waals surface area contributed by atoms with E-state index in [0.29, 0.717) is 5.56 Å². The average molecular weight is 305 g/mol. The fraction of sp³-hybridized carbons (Fsp3) is 0.188. The molecule has 1 atom stereocenters. The van der Waals surface area contributed by atoms with Crippen LogP contribution in [0.3, 0.4) is 0 Å². The third-order valence-electron chi connectivity index (χ3n) is 3.35. The smallest absolute Gasteiger partial charge is 0.333 e. The average Bonchev–Trinajstić information content (AvgIpc) is 2.49. The Morgan fingerprint density at radius 1 is 1.19 bits per heavy atom. The SMILES string of the molecule is CSc1ccc(C(C)(Nc2ccccc2F)C(=O)O)cc1. The predicted octanol–water partition coefficient (Wildman–Crippen LogP) is 3.96. The van der Waals surface area contributed by atoms with E-state index in [1.807, 2.05) is 18.4 Å².